The predicted octanol–water partition coefficient (Wildman–Crippen LogP) is 12.5. The van der Waals surface area contributed by atoms with Gasteiger partial charge in [0.25, 0.3) is 0 Å². The van der Waals surface area contributed by atoms with Crippen molar-refractivity contribution < 1.29 is 8.83 Å². The smallest absolute Gasteiger partial charge is 0.226 e. The van der Waals surface area contributed by atoms with Crippen LogP contribution in [-0.2, 0) is 0 Å². The zero-order valence-electron chi connectivity index (χ0n) is 26.5. The van der Waals surface area contributed by atoms with E-state index in [0.717, 1.165) is 73.7 Å². The number of rotatable bonds is 3. The zero-order valence-corrected chi connectivity index (χ0v) is 26.5. The molecule has 0 saturated carbocycles. The van der Waals surface area contributed by atoms with Crippen molar-refractivity contribution in [3.63, 3.8) is 0 Å². The first kappa shape index (κ1) is 26.7. The number of allylic oxidation sites excluding steroid dienone is 4. The lowest BCUT2D eigenvalue weighted by Gasteiger charge is -2.14. The molecule has 0 amide bonds. The lowest BCUT2D eigenvalue weighted by Crippen LogP contribution is -1.96. The van der Waals surface area contributed by atoms with Gasteiger partial charge in [0.1, 0.15) is 16.7 Å². The summed E-state index contributed by atoms with van der Waals surface area (Å²) in [5, 5.41) is 9.48. The van der Waals surface area contributed by atoms with Crippen molar-refractivity contribution >= 4 is 82.0 Å². The van der Waals surface area contributed by atoms with Crippen molar-refractivity contribution in [3.05, 3.63) is 152 Å². The Balaban J connectivity index is 1.16. The Bertz CT molecular complexity index is 3060. The van der Waals surface area contributed by atoms with Crippen molar-refractivity contribution in [2.45, 2.75) is 12.8 Å². The van der Waals surface area contributed by atoms with Gasteiger partial charge in [-0.2, -0.15) is 0 Å². The lowest BCUT2D eigenvalue weighted by atomic mass is 10.00. The van der Waals surface area contributed by atoms with E-state index in [2.05, 4.69) is 144 Å². The summed E-state index contributed by atoms with van der Waals surface area (Å²) in [6.45, 7) is 0. The molecule has 0 spiro atoms. The first-order valence-corrected chi connectivity index (χ1v) is 16.9. The summed E-state index contributed by atoms with van der Waals surface area (Å²) in [6.07, 6.45) is 8.55. The van der Waals surface area contributed by atoms with Gasteiger partial charge < -0.3 is 13.4 Å². The number of fused-ring (bicyclic) bond motifs is 9. The van der Waals surface area contributed by atoms with E-state index in [-0.39, 0.29) is 0 Å². The third kappa shape index (κ3) is 3.95. The second kappa shape index (κ2) is 10.1. The van der Waals surface area contributed by atoms with Gasteiger partial charge in [-0.1, -0.05) is 97.1 Å². The van der Waals surface area contributed by atoms with Gasteiger partial charge in [-0.25, -0.2) is 4.98 Å². The van der Waals surface area contributed by atoms with Crippen LogP contribution in [0.25, 0.3) is 98.8 Å². The topological polar surface area (TPSA) is 44.1 Å². The highest BCUT2D eigenvalue weighted by molar-refractivity contribution is 6.21. The number of hydrogen-bond acceptors (Lipinski definition) is 3. The minimum atomic E-state index is 0.675. The fourth-order valence-corrected chi connectivity index (χ4v) is 7.89. The van der Waals surface area contributed by atoms with Crippen LogP contribution in [0.1, 0.15) is 18.7 Å². The van der Waals surface area contributed by atoms with E-state index in [1.807, 2.05) is 6.07 Å². The van der Waals surface area contributed by atoms with Crippen molar-refractivity contribution in [2.75, 3.05) is 0 Å². The van der Waals surface area contributed by atoms with Gasteiger partial charge in [0.2, 0.25) is 5.89 Å². The molecule has 0 atom stereocenters. The molecule has 10 aromatic rings. The molecule has 11 rings (SSSR count). The fraction of sp³-hybridized carbons (Fsp3) is 0.0444. The molecule has 3 aromatic heterocycles. The minimum Gasteiger partial charge on any atom is -0.456 e. The number of oxazole rings is 1. The summed E-state index contributed by atoms with van der Waals surface area (Å²) in [5.74, 6) is 0.675. The number of nitrogens with zero attached hydrogens (tertiary/aromatic N) is 2. The van der Waals surface area contributed by atoms with Crippen LogP contribution in [0, 0.1) is 0 Å². The van der Waals surface area contributed by atoms with E-state index >= 15 is 0 Å². The average Bonchev–Trinajstić information content (AvgIpc) is 3.84. The summed E-state index contributed by atoms with van der Waals surface area (Å²) >= 11 is 0. The number of para-hydroxylation sites is 1. The molecule has 0 N–H and O–H groups in total. The molecule has 0 bridgehead atoms. The first-order valence-electron chi connectivity index (χ1n) is 16.9. The average molecular weight is 629 g/mol. The first-order chi connectivity index (χ1) is 24.3. The standard InChI is InChI=1S/C45H28N2O2/c1-2-10-27(11-3-1)45-46-37-23-30(19-21-40(37)49-45)31-18-20-35-41(25-31)48-42-26-32-14-6-7-15-33(32)44(43(35)42)47-38-17-9-8-16-34(38)36-22-28-12-4-5-13-29(28)24-39(36)47/h2,4-26H,1,3H2. The van der Waals surface area contributed by atoms with Crippen molar-refractivity contribution in [3.8, 4) is 16.8 Å². The minimum absolute atomic E-state index is 0.675. The number of aromatic nitrogens is 2. The quantitative estimate of drug-likeness (QED) is 0.196. The van der Waals surface area contributed by atoms with Crippen LogP contribution in [0.5, 0.6) is 0 Å². The Labute approximate surface area is 280 Å². The SMILES string of the molecule is C1=CC(c2nc3cc(-c4ccc5c(c4)oc4cc6ccccc6c(-n6c7ccccc7c7cc8ccccc8cc76)c45)ccc3o2)=CCC1. The zero-order chi connectivity index (χ0) is 32.1. The van der Waals surface area contributed by atoms with Crippen LogP contribution in [0.3, 0.4) is 0 Å². The Morgan fingerprint density at radius 1 is 0.531 bits per heavy atom. The van der Waals surface area contributed by atoms with Crippen LogP contribution in [0.2, 0.25) is 0 Å². The molecule has 1 aliphatic rings. The Morgan fingerprint density at radius 2 is 1.31 bits per heavy atom. The molecular formula is C45H28N2O2. The number of benzene rings is 7. The fourth-order valence-electron chi connectivity index (χ4n) is 7.89. The molecule has 0 radical (unpaired) electrons. The van der Waals surface area contributed by atoms with Gasteiger partial charge in [-0.15, -0.1) is 0 Å². The third-order valence-corrected chi connectivity index (χ3v) is 10.2. The van der Waals surface area contributed by atoms with Crippen LogP contribution in [0.4, 0.5) is 0 Å². The van der Waals surface area contributed by atoms with Gasteiger partial charge in [0.15, 0.2) is 5.58 Å². The second-order valence-electron chi connectivity index (χ2n) is 13.0. The molecule has 1 aliphatic carbocycles. The molecule has 0 saturated heterocycles. The van der Waals surface area contributed by atoms with Gasteiger partial charge >= 0.3 is 0 Å². The molecule has 0 aliphatic heterocycles. The van der Waals surface area contributed by atoms with E-state index in [4.69, 9.17) is 13.8 Å². The Morgan fingerprint density at radius 3 is 2.18 bits per heavy atom. The van der Waals surface area contributed by atoms with Crippen molar-refractivity contribution in [2.24, 2.45) is 0 Å². The molecule has 230 valence electrons. The van der Waals surface area contributed by atoms with Crippen LogP contribution in [-0.4, -0.2) is 9.55 Å². The van der Waals surface area contributed by atoms with E-state index in [9.17, 15) is 0 Å². The van der Waals surface area contributed by atoms with Crippen molar-refractivity contribution in [1.29, 1.82) is 0 Å². The third-order valence-electron chi connectivity index (χ3n) is 10.2. The molecule has 4 heteroatoms. The van der Waals surface area contributed by atoms with Gasteiger partial charge in [-0.3, -0.25) is 0 Å². The molecule has 4 nitrogen and oxygen atoms in total. The second-order valence-corrected chi connectivity index (χ2v) is 13.0. The maximum absolute atomic E-state index is 6.76. The summed E-state index contributed by atoms with van der Waals surface area (Å²) in [7, 11) is 0. The molecule has 3 heterocycles. The summed E-state index contributed by atoms with van der Waals surface area (Å²) < 4.78 is 15.3. The van der Waals surface area contributed by atoms with E-state index in [0.29, 0.717) is 5.89 Å². The predicted molar refractivity (Wildman–Crippen MR) is 202 cm³/mol. The highest BCUT2D eigenvalue weighted by atomic mass is 16.3. The Hall–Kier alpha value is -6.39. The molecule has 49 heavy (non-hydrogen) atoms. The number of furan rings is 1. The van der Waals surface area contributed by atoms with E-state index < -0.39 is 0 Å². The highest BCUT2D eigenvalue weighted by Gasteiger charge is 2.22. The largest absolute Gasteiger partial charge is 0.456 e. The molecule has 0 unspecified atom stereocenters. The van der Waals surface area contributed by atoms with E-state index in [1.165, 1.54) is 38.0 Å². The normalized spacial score (nSPS) is 13.6. The Kier molecular flexibility index (Phi) is 5.47. The molecular weight excluding hydrogens is 601 g/mol. The van der Waals surface area contributed by atoms with Crippen molar-refractivity contribution in [1.82, 2.24) is 9.55 Å². The van der Waals surface area contributed by atoms with E-state index in [1.54, 1.807) is 0 Å². The summed E-state index contributed by atoms with van der Waals surface area (Å²) in [6, 6.07) is 45.7. The van der Waals surface area contributed by atoms with Crippen LogP contribution in [0.15, 0.2) is 154 Å². The monoisotopic (exact) mass is 628 g/mol. The van der Waals surface area contributed by atoms with Gasteiger partial charge in [0.05, 0.1) is 22.1 Å². The van der Waals surface area contributed by atoms with Crippen LogP contribution >= 0.6 is 0 Å². The maximum atomic E-state index is 6.76. The highest BCUT2D eigenvalue weighted by Crippen LogP contribution is 2.44. The maximum Gasteiger partial charge on any atom is 0.226 e. The van der Waals surface area contributed by atoms with Gasteiger partial charge in [-0.05, 0) is 88.7 Å². The van der Waals surface area contributed by atoms with Crippen LogP contribution < -0.4 is 0 Å². The molecule has 7 aromatic carbocycles. The summed E-state index contributed by atoms with van der Waals surface area (Å²) in [4.78, 5) is 4.85. The number of hydrogen-bond donors (Lipinski definition) is 0. The lowest BCUT2D eigenvalue weighted by molar-refractivity contribution is 0.585. The molecule has 0 fully saturated rings. The summed E-state index contributed by atoms with van der Waals surface area (Å²) in [5.41, 5.74) is 10.1. The van der Waals surface area contributed by atoms with Gasteiger partial charge in [0, 0.05) is 27.1 Å².